The Hall–Kier alpha value is -2.25. The van der Waals surface area contributed by atoms with E-state index in [0.717, 1.165) is 17.3 Å². The summed E-state index contributed by atoms with van der Waals surface area (Å²) >= 11 is 9.30. The first-order chi connectivity index (χ1) is 13.0. The molecule has 2 amide bonds. The van der Waals surface area contributed by atoms with Crippen LogP contribution in [0, 0.1) is 0 Å². The van der Waals surface area contributed by atoms with Crippen molar-refractivity contribution in [3.63, 3.8) is 0 Å². The summed E-state index contributed by atoms with van der Waals surface area (Å²) in [6, 6.07) is 11.8. The Kier molecular flexibility index (Phi) is 8.42. The Morgan fingerprint density at radius 2 is 1.93 bits per heavy atom. The van der Waals surface area contributed by atoms with E-state index in [1.165, 1.54) is 0 Å². The fourth-order valence-electron chi connectivity index (χ4n) is 2.03. The number of halogens is 2. The van der Waals surface area contributed by atoms with Gasteiger partial charge in [-0.2, -0.15) is 0 Å². The zero-order valence-electron chi connectivity index (χ0n) is 14.8. The van der Waals surface area contributed by atoms with Gasteiger partial charge in [0.25, 0.3) is 11.8 Å². The van der Waals surface area contributed by atoms with Gasteiger partial charge in [-0.25, -0.2) is 0 Å². The third kappa shape index (κ3) is 7.11. The number of unbranched alkanes of at least 4 members (excludes halogenated alkanes) is 1. The van der Waals surface area contributed by atoms with Crippen LogP contribution in [-0.4, -0.2) is 25.0 Å². The Bertz CT molecular complexity index is 801. The molecule has 0 unspecified atom stereocenters. The van der Waals surface area contributed by atoms with Crippen LogP contribution >= 0.6 is 27.5 Å². The predicted octanol–water partition coefficient (Wildman–Crippen LogP) is 4.12. The summed E-state index contributed by atoms with van der Waals surface area (Å²) in [7, 11) is 0. The molecule has 0 heterocycles. The van der Waals surface area contributed by atoms with Crippen LogP contribution in [0.4, 0.5) is 0 Å². The number of rotatable bonds is 8. The van der Waals surface area contributed by atoms with Gasteiger partial charge in [0.1, 0.15) is 11.5 Å². The number of hydrogen-bond donors (Lipinski definition) is 2. The SMILES string of the molecule is CCCCOc1cccc(C(=O)NNC(=O)COc2ccc(Br)cc2Cl)c1. The van der Waals surface area contributed by atoms with Crippen molar-refractivity contribution in [1.29, 1.82) is 0 Å². The van der Waals surface area contributed by atoms with Crippen molar-refractivity contribution in [2.45, 2.75) is 19.8 Å². The molecule has 0 fully saturated rings. The Balaban J connectivity index is 1.80. The fourth-order valence-corrected chi connectivity index (χ4v) is 2.76. The van der Waals surface area contributed by atoms with Gasteiger partial charge >= 0.3 is 0 Å². The monoisotopic (exact) mass is 454 g/mol. The minimum atomic E-state index is -0.516. The molecule has 0 spiro atoms. The molecule has 0 atom stereocenters. The van der Waals surface area contributed by atoms with Gasteiger partial charge in [-0.3, -0.25) is 20.4 Å². The van der Waals surface area contributed by atoms with Crippen molar-refractivity contribution in [2.24, 2.45) is 0 Å². The Morgan fingerprint density at radius 3 is 2.67 bits per heavy atom. The second kappa shape index (κ2) is 10.8. The van der Waals surface area contributed by atoms with Gasteiger partial charge in [-0.1, -0.05) is 46.9 Å². The molecule has 2 aromatic rings. The summed E-state index contributed by atoms with van der Waals surface area (Å²) in [6.07, 6.45) is 1.97. The van der Waals surface area contributed by atoms with Crippen LogP contribution in [0.5, 0.6) is 11.5 Å². The summed E-state index contributed by atoms with van der Waals surface area (Å²) in [4.78, 5) is 24.0. The number of hydrazine groups is 1. The third-order valence-corrected chi connectivity index (χ3v) is 4.22. The van der Waals surface area contributed by atoms with Crippen LogP contribution in [0.2, 0.25) is 5.02 Å². The standard InChI is InChI=1S/C19H20BrClN2O4/c1-2-3-9-26-15-6-4-5-13(10-15)19(25)23-22-18(24)12-27-17-8-7-14(20)11-16(17)21/h4-8,10-11H,2-3,9,12H2,1H3,(H,22,24)(H,23,25). The van der Waals surface area contributed by atoms with Gasteiger partial charge < -0.3 is 9.47 Å². The van der Waals surface area contributed by atoms with Crippen molar-refractivity contribution in [2.75, 3.05) is 13.2 Å². The first-order valence-electron chi connectivity index (χ1n) is 8.39. The predicted molar refractivity (Wildman–Crippen MR) is 107 cm³/mol. The molecule has 0 saturated heterocycles. The zero-order valence-corrected chi connectivity index (χ0v) is 17.1. The molecule has 2 N–H and O–H groups in total. The second-order valence-electron chi connectivity index (χ2n) is 5.60. The molecular formula is C19H20BrClN2O4. The Labute approximate surface area is 171 Å². The summed E-state index contributed by atoms with van der Waals surface area (Å²) in [6.45, 7) is 2.38. The number of nitrogens with one attached hydrogen (secondary N) is 2. The highest BCUT2D eigenvalue weighted by Crippen LogP contribution is 2.27. The summed E-state index contributed by atoms with van der Waals surface area (Å²) in [5, 5.41) is 0.376. The van der Waals surface area contributed by atoms with Gasteiger partial charge in [0.2, 0.25) is 0 Å². The smallest absolute Gasteiger partial charge is 0.276 e. The van der Waals surface area contributed by atoms with E-state index in [1.807, 2.05) is 0 Å². The van der Waals surface area contributed by atoms with E-state index < -0.39 is 11.8 Å². The van der Waals surface area contributed by atoms with Crippen LogP contribution in [0.1, 0.15) is 30.1 Å². The third-order valence-electron chi connectivity index (χ3n) is 3.43. The van der Waals surface area contributed by atoms with Crippen molar-refractivity contribution >= 4 is 39.3 Å². The maximum absolute atomic E-state index is 12.1. The molecule has 0 radical (unpaired) electrons. The van der Waals surface area contributed by atoms with E-state index >= 15 is 0 Å². The zero-order chi connectivity index (χ0) is 19.6. The van der Waals surface area contributed by atoms with Crippen LogP contribution < -0.4 is 20.3 Å². The molecule has 144 valence electrons. The minimum Gasteiger partial charge on any atom is -0.494 e. The summed E-state index contributed by atoms with van der Waals surface area (Å²) in [5.41, 5.74) is 5.01. The van der Waals surface area contributed by atoms with Crippen LogP contribution in [0.3, 0.4) is 0 Å². The summed E-state index contributed by atoms with van der Waals surface area (Å²) < 4.78 is 11.7. The molecular weight excluding hydrogens is 436 g/mol. The lowest BCUT2D eigenvalue weighted by Crippen LogP contribution is -2.43. The normalized spacial score (nSPS) is 10.2. The topological polar surface area (TPSA) is 76.7 Å². The van der Waals surface area contributed by atoms with Crippen molar-refractivity contribution < 1.29 is 19.1 Å². The van der Waals surface area contributed by atoms with Gasteiger partial charge in [-0.05, 0) is 42.8 Å². The fraction of sp³-hybridized carbons (Fsp3) is 0.263. The van der Waals surface area contributed by atoms with E-state index in [-0.39, 0.29) is 6.61 Å². The highest BCUT2D eigenvalue weighted by molar-refractivity contribution is 9.10. The number of benzene rings is 2. The summed E-state index contributed by atoms with van der Waals surface area (Å²) in [5.74, 6) is 0.0116. The van der Waals surface area contributed by atoms with Crippen LogP contribution in [0.25, 0.3) is 0 Å². The van der Waals surface area contributed by atoms with Gasteiger partial charge in [0.15, 0.2) is 6.61 Å². The average molecular weight is 456 g/mol. The molecule has 2 rings (SSSR count). The van der Waals surface area contributed by atoms with Gasteiger partial charge in [0, 0.05) is 10.0 Å². The van der Waals surface area contributed by atoms with Crippen LogP contribution in [-0.2, 0) is 4.79 Å². The maximum atomic E-state index is 12.1. The van der Waals surface area contributed by atoms with E-state index in [2.05, 4.69) is 33.7 Å². The van der Waals surface area contributed by atoms with Crippen molar-refractivity contribution in [3.8, 4) is 11.5 Å². The highest BCUT2D eigenvalue weighted by Gasteiger charge is 2.10. The largest absolute Gasteiger partial charge is 0.494 e. The lowest BCUT2D eigenvalue weighted by molar-refractivity contribution is -0.123. The lowest BCUT2D eigenvalue weighted by Gasteiger charge is -2.11. The highest BCUT2D eigenvalue weighted by atomic mass is 79.9. The van der Waals surface area contributed by atoms with Crippen molar-refractivity contribution in [1.82, 2.24) is 10.9 Å². The van der Waals surface area contributed by atoms with Gasteiger partial charge in [-0.15, -0.1) is 0 Å². The molecule has 6 nitrogen and oxygen atoms in total. The van der Waals surface area contributed by atoms with E-state index in [1.54, 1.807) is 42.5 Å². The molecule has 0 saturated carbocycles. The number of carbonyl (C=O) groups is 2. The number of ether oxygens (including phenoxy) is 2. The molecule has 8 heteroatoms. The lowest BCUT2D eigenvalue weighted by atomic mass is 10.2. The van der Waals surface area contributed by atoms with E-state index in [9.17, 15) is 9.59 Å². The molecule has 2 aromatic carbocycles. The van der Waals surface area contributed by atoms with E-state index in [0.29, 0.717) is 28.7 Å². The average Bonchev–Trinajstić information content (AvgIpc) is 2.66. The number of carbonyl (C=O) groups excluding carboxylic acids is 2. The van der Waals surface area contributed by atoms with E-state index in [4.69, 9.17) is 21.1 Å². The molecule has 27 heavy (non-hydrogen) atoms. The van der Waals surface area contributed by atoms with Crippen molar-refractivity contribution in [3.05, 3.63) is 57.5 Å². The molecule has 0 aliphatic heterocycles. The Morgan fingerprint density at radius 1 is 1.11 bits per heavy atom. The quantitative estimate of drug-likeness (QED) is 0.464. The molecule has 0 aliphatic carbocycles. The molecule has 0 aliphatic rings. The van der Waals surface area contributed by atoms with Crippen LogP contribution in [0.15, 0.2) is 46.9 Å². The minimum absolute atomic E-state index is 0.290. The number of amides is 2. The second-order valence-corrected chi connectivity index (χ2v) is 6.92. The maximum Gasteiger partial charge on any atom is 0.276 e. The van der Waals surface area contributed by atoms with Gasteiger partial charge in [0.05, 0.1) is 11.6 Å². The molecule has 0 aromatic heterocycles. The number of hydrogen-bond acceptors (Lipinski definition) is 4. The first-order valence-corrected chi connectivity index (χ1v) is 9.56. The molecule has 0 bridgehead atoms. The first kappa shape index (κ1) is 21.1.